The Morgan fingerprint density at radius 3 is 2.27 bits per heavy atom. The van der Waals surface area contributed by atoms with Crippen LogP contribution in [0.5, 0.6) is 0 Å². The van der Waals surface area contributed by atoms with E-state index in [1.165, 1.54) is 6.08 Å². The Morgan fingerprint density at radius 1 is 0.951 bits per heavy atom. The summed E-state index contributed by atoms with van der Waals surface area (Å²) in [5.41, 5.74) is 6.50. The highest BCUT2D eigenvalue weighted by molar-refractivity contribution is 5.98. The van der Waals surface area contributed by atoms with Gasteiger partial charge in [0.1, 0.15) is 18.4 Å². The number of carbonyl (C=O) groups is 6. The van der Waals surface area contributed by atoms with Crippen LogP contribution >= 0.6 is 0 Å². The molecule has 0 spiro atoms. The van der Waals surface area contributed by atoms with E-state index in [4.69, 9.17) is 12.2 Å². The molecular weight excluding hydrogens is 526 g/mol. The van der Waals surface area contributed by atoms with Gasteiger partial charge < -0.3 is 27.0 Å². The first-order chi connectivity index (χ1) is 19.6. The first kappa shape index (κ1) is 34.6. The molecule has 6 N–H and O–H groups in total. The van der Waals surface area contributed by atoms with Gasteiger partial charge >= 0.3 is 0 Å². The molecule has 11 heteroatoms. The van der Waals surface area contributed by atoms with Gasteiger partial charge in [-0.2, -0.15) is 0 Å². The number of carbonyl (C=O) groups excluding carboxylic acids is 6. The van der Waals surface area contributed by atoms with Gasteiger partial charge in [0.25, 0.3) is 5.91 Å². The van der Waals surface area contributed by atoms with E-state index in [0.717, 1.165) is 5.56 Å². The van der Waals surface area contributed by atoms with Crippen molar-refractivity contribution in [1.29, 1.82) is 0 Å². The zero-order valence-corrected chi connectivity index (χ0v) is 23.7. The maximum atomic E-state index is 12.8. The Bertz CT molecular complexity index is 1110. The molecule has 2 atom stereocenters. The van der Waals surface area contributed by atoms with E-state index in [0.29, 0.717) is 56.9 Å². The molecule has 0 aromatic heterocycles. The summed E-state index contributed by atoms with van der Waals surface area (Å²) in [7, 11) is 0. The van der Waals surface area contributed by atoms with Crippen LogP contribution in [0.2, 0.25) is 0 Å². The van der Waals surface area contributed by atoms with Crippen molar-refractivity contribution in [3.05, 3.63) is 41.5 Å². The lowest BCUT2D eigenvalue weighted by atomic mass is 10.0. The van der Waals surface area contributed by atoms with Gasteiger partial charge in [-0.1, -0.05) is 32.1 Å². The summed E-state index contributed by atoms with van der Waals surface area (Å²) in [6, 6.07) is 4.68. The molecule has 41 heavy (non-hydrogen) atoms. The van der Waals surface area contributed by atoms with Crippen molar-refractivity contribution in [3.63, 3.8) is 0 Å². The number of nitrogens with one attached hydrogen (secondary N) is 4. The van der Waals surface area contributed by atoms with Crippen molar-refractivity contribution in [2.45, 2.75) is 70.9 Å². The molecule has 0 aliphatic rings. The second-order valence-corrected chi connectivity index (χ2v) is 9.92. The predicted octanol–water partition coefficient (Wildman–Crippen LogP) is 1.22. The average molecular weight is 568 g/mol. The van der Waals surface area contributed by atoms with E-state index in [-0.39, 0.29) is 18.2 Å². The van der Waals surface area contributed by atoms with E-state index >= 15 is 0 Å². The van der Waals surface area contributed by atoms with Gasteiger partial charge in [-0.25, -0.2) is 0 Å². The standard InChI is InChI=1S/C30H41N5O6/c1-4-5-6-12-26(37)32-17-8-7-11-24(28(31)39)34-27(38)20-33-30(41)25(19-21(2)3)35-29(40)23-15-13-22(14-16-23)10-9-18-36/h1,9-10,13-16,18,21,24-25H,5-8,11-12,17,19-20H2,2-3H3,(H2,31,39)(H,32,37)(H,33,41)(H,34,38)(H,35,40)/b10-9+/t24-,25-/m0/s1. The maximum absolute atomic E-state index is 12.8. The Balaban J connectivity index is 2.56. The lowest BCUT2D eigenvalue weighted by Gasteiger charge is -2.21. The summed E-state index contributed by atoms with van der Waals surface area (Å²) >= 11 is 0. The van der Waals surface area contributed by atoms with Crippen molar-refractivity contribution >= 4 is 41.9 Å². The van der Waals surface area contributed by atoms with Crippen LogP contribution in [0.25, 0.3) is 6.08 Å². The van der Waals surface area contributed by atoms with Crippen molar-refractivity contribution in [2.75, 3.05) is 13.1 Å². The molecule has 0 radical (unpaired) electrons. The minimum absolute atomic E-state index is 0.0719. The largest absolute Gasteiger partial charge is 0.368 e. The molecule has 0 aliphatic carbocycles. The second-order valence-electron chi connectivity index (χ2n) is 9.92. The molecule has 0 bridgehead atoms. The van der Waals surface area contributed by atoms with E-state index in [1.54, 1.807) is 30.3 Å². The topological polar surface area (TPSA) is 177 Å². The summed E-state index contributed by atoms with van der Waals surface area (Å²) < 4.78 is 0. The molecule has 0 unspecified atom stereocenters. The molecule has 5 amide bonds. The number of nitrogens with two attached hydrogens (primary N) is 1. The zero-order chi connectivity index (χ0) is 30.6. The SMILES string of the molecule is C#CCCCC(=O)NCCCC[C@H](NC(=O)CNC(=O)[C@H](CC(C)C)NC(=O)c1ccc(/C=C/C=O)cc1)C(N)=O. The number of allylic oxidation sites excluding steroid dienone is 1. The average Bonchev–Trinajstić information content (AvgIpc) is 2.93. The maximum Gasteiger partial charge on any atom is 0.251 e. The van der Waals surface area contributed by atoms with Crippen molar-refractivity contribution < 1.29 is 28.8 Å². The summed E-state index contributed by atoms with van der Waals surface area (Å²) in [6.45, 7) is 3.82. The highest BCUT2D eigenvalue weighted by atomic mass is 16.2. The molecule has 0 aliphatic heterocycles. The summed E-state index contributed by atoms with van der Waals surface area (Å²) in [6.07, 6.45) is 12.0. The fraction of sp³-hybridized carbons (Fsp3) is 0.467. The molecular formula is C30H41N5O6. The number of terminal acetylenes is 1. The molecule has 222 valence electrons. The van der Waals surface area contributed by atoms with Gasteiger partial charge in [-0.05, 0) is 61.8 Å². The van der Waals surface area contributed by atoms with E-state index in [9.17, 15) is 28.8 Å². The van der Waals surface area contributed by atoms with Crippen LogP contribution in [-0.2, 0) is 24.0 Å². The smallest absolute Gasteiger partial charge is 0.251 e. The van der Waals surface area contributed by atoms with Crippen LogP contribution in [0.4, 0.5) is 0 Å². The highest BCUT2D eigenvalue weighted by Gasteiger charge is 2.24. The highest BCUT2D eigenvalue weighted by Crippen LogP contribution is 2.09. The fourth-order valence-electron chi connectivity index (χ4n) is 3.80. The third-order valence-electron chi connectivity index (χ3n) is 5.94. The van der Waals surface area contributed by atoms with Gasteiger partial charge in [0.05, 0.1) is 6.54 Å². The number of hydrogen-bond donors (Lipinski definition) is 5. The normalized spacial score (nSPS) is 12.1. The van der Waals surface area contributed by atoms with Crippen molar-refractivity contribution in [2.24, 2.45) is 11.7 Å². The number of unbranched alkanes of at least 4 members (excludes halogenated alkanes) is 2. The Labute approximate surface area is 241 Å². The van der Waals surface area contributed by atoms with E-state index < -0.39 is 42.3 Å². The van der Waals surface area contributed by atoms with Crippen LogP contribution in [0.15, 0.2) is 30.3 Å². The monoisotopic (exact) mass is 567 g/mol. The fourth-order valence-corrected chi connectivity index (χ4v) is 3.80. The Hall–Kier alpha value is -4.46. The van der Waals surface area contributed by atoms with E-state index in [1.807, 2.05) is 13.8 Å². The third kappa shape index (κ3) is 15.1. The molecule has 0 heterocycles. The number of amides is 5. The number of rotatable bonds is 19. The lowest BCUT2D eigenvalue weighted by Crippen LogP contribution is -2.51. The first-order valence-corrected chi connectivity index (χ1v) is 13.7. The third-order valence-corrected chi connectivity index (χ3v) is 5.94. The number of hydrogen-bond acceptors (Lipinski definition) is 6. The first-order valence-electron chi connectivity index (χ1n) is 13.7. The van der Waals surface area contributed by atoms with Gasteiger partial charge in [0.2, 0.25) is 23.6 Å². The minimum atomic E-state index is -0.929. The van der Waals surface area contributed by atoms with Crippen molar-refractivity contribution in [3.8, 4) is 12.3 Å². The summed E-state index contributed by atoms with van der Waals surface area (Å²) in [4.78, 5) is 72.0. The molecule has 0 saturated heterocycles. The molecule has 0 fully saturated rings. The lowest BCUT2D eigenvalue weighted by molar-refractivity contribution is -0.129. The second kappa shape index (κ2) is 19.6. The van der Waals surface area contributed by atoms with Crippen LogP contribution in [0.1, 0.15) is 74.7 Å². The van der Waals surface area contributed by atoms with Crippen LogP contribution < -0.4 is 27.0 Å². The van der Waals surface area contributed by atoms with Crippen molar-refractivity contribution in [1.82, 2.24) is 21.3 Å². The predicted molar refractivity (Wildman–Crippen MR) is 156 cm³/mol. The number of benzene rings is 1. The van der Waals surface area contributed by atoms with E-state index in [2.05, 4.69) is 27.2 Å². The van der Waals surface area contributed by atoms with Gasteiger partial charge in [-0.15, -0.1) is 12.3 Å². The van der Waals surface area contributed by atoms with Crippen LogP contribution in [0, 0.1) is 18.3 Å². The van der Waals surface area contributed by atoms with Crippen LogP contribution in [0.3, 0.4) is 0 Å². The Kier molecular flexibility index (Phi) is 16.5. The van der Waals surface area contributed by atoms with Gasteiger partial charge in [-0.3, -0.25) is 28.8 Å². The molecule has 11 nitrogen and oxygen atoms in total. The minimum Gasteiger partial charge on any atom is -0.368 e. The number of aldehydes is 1. The zero-order valence-electron chi connectivity index (χ0n) is 23.7. The number of primary amides is 1. The van der Waals surface area contributed by atoms with Crippen LogP contribution in [-0.4, -0.2) is 61.0 Å². The van der Waals surface area contributed by atoms with Gasteiger partial charge in [0.15, 0.2) is 0 Å². The summed E-state index contributed by atoms with van der Waals surface area (Å²) in [5.74, 6) is 0.150. The Morgan fingerprint density at radius 2 is 1.66 bits per heavy atom. The quantitative estimate of drug-likeness (QED) is 0.0726. The molecule has 1 aromatic carbocycles. The molecule has 1 rings (SSSR count). The molecule has 1 aromatic rings. The van der Waals surface area contributed by atoms with Gasteiger partial charge in [0, 0.05) is 24.9 Å². The summed E-state index contributed by atoms with van der Waals surface area (Å²) in [5, 5.41) is 10.5. The molecule has 0 saturated carbocycles.